The van der Waals surface area contributed by atoms with Gasteiger partial charge >= 0.3 is 6.03 Å². The lowest BCUT2D eigenvalue weighted by Crippen LogP contribution is -2.35. The number of urea groups is 1. The van der Waals surface area contributed by atoms with E-state index in [1.54, 1.807) is 12.1 Å². The van der Waals surface area contributed by atoms with Gasteiger partial charge in [-0.1, -0.05) is 43.2 Å². The minimum atomic E-state index is -0.0796. The molecule has 166 valence electrons. The summed E-state index contributed by atoms with van der Waals surface area (Å²) in [5.74, 6) is 1.51. The smallest absolute Gasteiger partial charge is 0.321 e. The number of nitrogens with one attached hydrogen (secondary N) is 2. The summed E-state index contributed by atoms with van der Waals surface area (Å²) in [5, 5.41) is 5.84. The quantitative estimate of drug-likeness (QED) is 0.508. The predicted octanol–water partition coefficient (Wildman–Crippen LogP) is 5.93. The molecule has 32 heavy (non-hydrogen) atoms. The second-order valence-electron chi connectivity index (χ2n) is 8.09. The van der Waals surface area contributed by atoms with Crippen molar-refractivity contribution in [1.29, 1.82) is 0 Å². The molecule has 0 saturated carbocycles. The molecule has 3 aromatic rings. The zero-order valence-electron chi connectivity index (χ0n) is 18.2. The fraction of sp³-hybridized carbons (Fsp3) is 0.308. The molecule has 4 rings (SSSR count). The maximum atomic E-state index is 12.4. The second-order valence-corrected chi connectivity index (χ2v) is 8.09. The van der Waals surface area contributed by atoms with Crippen molar-refractivity contribution in [1.82, 2.24) is 4.90 Å². The van der Waals surface area contributed by atoms with Crippen molar-refractivity contribution >= 4 is 23.3 Å². The molecule has 1 fully saturated rings. The Morgan fingerprint density at radius 2 is 1.44 bits per heavy atom. The zero-order valence-corrected chi connectivity index (χ0v) is 18.2. The number of furan rings is 1. The molecule has 1 aliphatic heterocycles. The number of amides is 3. The Balaban J connectivity index is 1.24. The first-order valence-electron chi connectivity index (χ1n) is 11.3. The molecule has 2 N–H and O–H groups in total. The van der Waals surface area contributed by atoms with Gasteiger partial charge in [-0.25, -0.2) is 4.79 Å². The number of likely N-dealkylation sites (tertiary alicyclic amines) is 1. The van der Waals surface area contributed by atoms with E-state index in [4.69, 9.17) is 4.42 Å². The average Bonchev–Trinajstić information content (AvgIpc) is 3.12. The molecule has 2 heterocycles. The Hall–Kier alpha value is -3.54. The van der Waals surface area contributed by atoms with Crippen molar-refractivity contribution in [3.8, 4) is 11.3 Å². The summed E-state index contributed by atoms with van der Waals surface area (Å²) >= 11 is 0. The second kappa shape index (κ2) is 10.7. The van der Waals surface area contributed by atoms with Crippen molar-refractivity contribution in [2.24, 2.45) is 0 Å². The van der Waals surface area contributed by atoms with Gasteiger partial charge in [0.2, 0.25) is 5.91 Å². The van der Waals surface area contributed by atoms with Gasteiger partial charge in [0.05, 0.1) is 0 Å². The standard InChI is InChI=1S/C26H29N3O3/c30-25(17-15-23-14-16-24(32-23)20-8-4-3-5-9-20)27-21-10-12-22(13-11-21)28-26(31)29-18-6-1-2-7-19-29/h3-5,8-14,16H,1-2,6-7,15,17-19H2,(H,27,30)(H,28,31). The number of nitrogens with zero attached hydrogens (tertiary/aromatic N) is 1. The van der Waals surface area contributed by atoms with Crippen LogP contribution in [0.3, 0.4) is 0 Å². The summed E-state index contributed by atoms with van der Waals surface area (Å²) in [5.41, 5.74) is 2.44. The summed E-state index contributed by atoms with van der Waals surface area (Å²) in [6.07, 6.45) is 5.35. The summed E-state index contributed by atoms with van der Waals surface area (Å²) < 4.78 is 5.86. The third kappa shape index (κ3) is 6.00. The molecule has 0 bridgehead atoms. The number of hydrogen-bond donors (Lipinski definition) is 2. The minimum Gasteiger partial charge on any atom is -0.461 e. The van der Waals surface area contributed by atoms with Gasteiger partial charge in [-0.3, -0.25) is 4.79 Å². The van der Waals surface area contributed by atoms with Gasteiger partial charge < -0.3 is 20.0 Å². The molecule has 1 saturated heterocycles. The minimum absolute atomic E-state index is 0.0583. The van der Waals surface area contributed by atoms with E-state index in [0.29, 0.717) is 18.5 Å². The van der Waals surface area contributed by atoms with E-state index in [0.717, 1.165) is 48.7 Å². The van der Waals surface area contributed by atoms with E-state index >= 15 is 0 Å². The monoisotopic (exact) mass is 431 g/mol. The van der Waals surface area contributed by atoms with Gasteiger partial charge in [0.15, 0.2) is 0 Å². The van der Waals surface area contributed by atoms with Crippen LogP contribution in [-0.4, -0.2) is 29.9 Å². The van der Waals surface area contributed by atoms with E-state index in [-0.39, 0.29) is 11.9 Å². The van der Waals surface area contributed by atoms with Crippen LogP contribution in [0.4, 0.5) is 16.2 Å². The van der Waals surface area contributed by atoms with Crippen LogP contribution in [-0.2, 0) is 11.2 Å². The Morgan fingerprint density at radius 1 is 0.781 bits per heavy atom. The molecular formula is C26H29N3O3. The molecule has 3 amide bonds. The van der Waals surface area contributed by atoms with Crippen LogP contribution in [0.25, 0.3) is 11.3 Å². The van der Waals surface area contributed by atoms with Crippen LogP contribution in [0.5, 0.6) is 0 Å². The Bertz CT molecular complexity index is 1020. The third-order valence-corrected chi connectivity index (χ3v) is 5.63. The molecule has 1 aliphatic rings. The normalized spacial score (nSPS) is 13.9. The van der Waals surface area contributed by atoms with E-state index < -0.39 is 0 Å². The van der Waals surface area contributed by atoms with E-state index in [1.165, 1.54) is 12.8 Å². The molecule has 0 radical (unpaired) electrons. The number of aryl methyl sites for hydroxylation is 1. The molecule has 0 aliphatic carbocycles. The summed E-state index contributed by atoms with van der Waals surface area (Å²) in [4.78, 5) is 26.6. The summed E-state index contributed by atoms with van der Waals surface area (Å²) in [6, 6.07) is 20.9. The number of carbonyl (C=O) groups is 2. The molecule has 6 heteroatoms. The predicted molar refractivity (Wildman–Crippen MR) is 127 cm³/mol. The molecule has 1 aromatic heterocycles. The highest BCUT2D eigenvalue weighted by Gasteiger charge is 2.15. The van der Waals surface area contributed by atoms with E-state index in [9.17, 15) is 9.59 Å². The fourth-order valence-electron chi connectivity index (χ4n) is 3.84. The van der Waals surface area contributed by atoms with Crippen LogP contribution < -0.4 is 10.6 Å². The highest BCUT2D eigenvalue weighted by atomic mass is 16.3. The number of benzene rings is 2. The molecule has 0 atom stereocenters. The molecule has 0 unspecified atom stereocenters. The number of carbonyl (C=O) groups excluding carboxylic acids is 2. The SMILES string of the molecule is O=C(CCc1ccc(-c2ccccc2)o1)Nc1ccc(NC(=O)N2CCCCCC2)cc1. The Kier molecular flexibility index (Phi) is 7.23. The molecular weight excluding hydrogens is 402 g/mol. The van der Waals surface area contributed by atoms with Crippen molar-refractivity contribution in [2.45, 2.75) is 38.5 Å². The van der Waals surface area contributed by atoms with Gasteiger partial charge in [0.25, 0.3) is 0 Å². The first-order valence-corrected chi connectivity index (χ1v) is 11.3. The highest BCUT2D eigenvalue weighted by Crippen LogP contribution is 2.22. The average molecular weight is 432 g/mol. The molecule has 0 spiro atoms. The lowest BCUT2D eigenvalue weighted by atomic mass is 10.2. The Morgan fingerprint density at radius 3 is 2.12 bits per heavy atom. The maximum Gasteiger partial charge on any atom is 0.321 e. The van der Waals surface area contributed by atoms with Gasteiger partial charge in [0.1, 0.15) is 11.5 Å². The lowest BCUT2D eigenvalue weighted by molar-refractivity contribution is -0.116. The van der Waals surface area contributed by atoms with Crippen LogP contribution in [0.15, 0.2) is 71.1 Å². The maximum absolute atomic E-state index is 12.4. The van der Waals surface area contributed by atoms with Gasteiger partial charge in [-0.05, 0) is 49.2 Å². The molecule has 6 nitrogen and oxygen atoms in total. The first kappa shape index (κ1) is 21.7. The molecule has 2 aromatic carbocycles. The summed E-state index contributed by atoms with van der Waals surface area (Å²) in [6.45, 7) is 1.62. The largest absolute Gasteiger partial charge is 0.461 e. The zero-order chi connectivity index (χ0) is 22.2. The number of anilines is 2. The lowest BCUT2D eigenvalue weighted by Gasteiger charge is -2.20. The Labute approximate surface area is 188 Å². The van der Waals surface area contributed by atoms with Crippen LogP contribution in [0.2, 0.25) is 0 Å². The van der Waals surface area contributed by atoms with E-state index in [1.807, 2.05) is 59.5 Å². The van der Waals surface area contributed by atoms with Crippen molar-refractivity contribution in [3.05, 3.63) is 72.5 Å². The fourth-order valence-corrected chi connectivity index (χ4v) is 3.84. The van der Waals surface area contributed by atoms with Gasteiger partial charge in [0, 0.05) is 42.9 Å². The number of rotatable bonds is 6. The van der Waals surface area contributed by atoms with Crippen molar-refractivity contribution in [2.75, 3.05) is 23.7 Å². The van der Waals surface area contributed by atoms with Crippen LogP contribution in [0, 0.1) is 0 Å². The van der Waals surface area contributed by atoms with Crippen LogP contribution in [0.1, 0.15) is 37.9 Å². The van der Waals surface area contributed by atoms with Gasteiger partial charge in [-0.15, -0.1) is 0 Å². The van der Waals surface area contributed by atoms with Crippen molar-refractivity contribution < 1.29 is 14.0 Å². The number of hydrogen-bond acceptors (Lipinski definition) is 3. The first-order chi connectivity index (χ1) is 15.7. The van der Waals surface area contributed by atoms with Gasteiger partial charge in [-0.2, -0.15) is 0 Å². The topological polar surface area (TPSA) is 74.6 Å². The third-order valence-electron chi connectivity index (χ3n) is 5.63. The highest BCUT2D eigenvalue weighted by molar-refractivity contribution is 5.92. The van der Waals surface area contributed by atoms with Crippen molar-refractivity contribution in [3.63, 3.8) is 0 Å². The van der Waals surface area contributed by atoms with Crippen LogP contribution >= 0.6 is 0 Å². The van der Waals surface area contributed by atoms with E-state index in [2.05, 4.69) is 10.6 Å². The summed E-state index contributed by atoms with van der Waals surface area (Å²) in [7, 11) is 0.